The average Bonchev–Trinajstić information content (AvgIpc) is 2.79. The van der Waals surface area contributed by atoms with Crippen LogP contribution in [0.3, 0.4) is 0 Å². The molecular formula is C14H14N2. The van der Waals surface area contributed by atoms with Crippen molar-refractivity contribution in [1.29, 1.82) is 5.26 Å². The van der Waals surface area contributed by atoms with Gasteiger partial charge in [0.1, 0.15) is 0 Å². The zero-order valence-electron chi connectivity index (χ0n) is 9.11. The summed E-state index contributed by atoms with van der Waals surface area (Å²) in [5.41, 5.74) is 3.62. The van der Waals surface area contributed by atoms with Crippen molar-refractivity contribution in [3.8, 4) is 17.3 Å². The molecule has 2 aromatic rings. The number of hydrogen-bond acceptors (Lipinski definition) is 1. The van der Waals surface area contributed by atoms with Crippen LogP contribution in [0.5, 0.6) is 0 Å². The predicted molar refractivity (Wildman–Crippen MR) is 64.8 cm³/mol. The van der Waals surface area contributed by atoms with Gasteiger partial charge in [-0.25, -0.2) is 0 Å². The Balaban J connectivity index is 2.06. The fourth-order valence-electron chi connectivity index (χ4n) is 1.74. The van der Waals surface area contributed by atoms with Crippen molar-refractivity contribution in [1.82, 2.24) is 4.98 Å². The maximum Gasteiger partial charge on any atom is 0.0621 e. The number of nitrogens with one attached hydrogen (secondary N) is 1. The maximum atomic E-state index is 8.47. The highest BCUT2D eigenvalue weighted by molar-refractivity contribution is 5.60. The van der Waals surface area contributed by atoms with E-state index in [-0.39, 0.29) is 0 Å². The van der Waals surface area contributed by atoms with E-state index in [9.17, 15) is 0 Å². The summed E-state index contributed by atoms with van der Waals surface area (Å²) >= 11 is 0. The number of unbranched alkanes of at least 4 members (excludes halogenated alkanes) is 1. The van der Waals surface area contributed by atoms with Crippen LogP contribution in [0.4, 0.5) is 0 Å². The molecule has 0 aliphatic rings. The molecule has 0 fully saturated rings. The molecule has 0 aliphatic heterocycles. The van der Waals surface area contributed by atoms with E-state index in [1.165, 1.54) is 11.1 Å². The molecule has 0 bridgehead atoms. The number of aryl methyl sites for hydroxylation is 1. The van der Waals surface area contributed by atoms with Crippen LogP contribution in [0.15, 0.2) is 42.6 Å². The third-order valence-corrected chi connectivity index (χ3v) is 2.58. The molecule has 2 heteroatoms. The molecule has 0 aliphatic carbocycles. The summed E-state index contributed by atoms with van der Waals surface area (Å²) in [6.45, 7) is 0. The van der Waals surface area contributed by atoms with Gasteiger partial charge in [0.15, 0.2) is 0 Å². The Kier molecular flexibility index (Phi) is 3.40. The van der Waals surface area contributed by atoms with Gasteiger partial charge in [0.2, 0.25) is 0 Å². The maximum absolute atomic E-state index is 8.47. The van der Waals surface area contributed by atoms with E-state index in [0.717, 1.165) is 18.5 Å². The Hall–Kier alpha value is -2.01. The first kappa shape index (κ1) is 10.5. The van der Waals surface area contributed by atoms with E-state index in [1.54, 1.807) is 0 Å². The first-order valence-electron chi connectivity index (χ1n) is 5.50. The highest BCUT2D eigenvalue weighted by atomic mass is 14.7. The standard InChI is InChI=1S/C14H14N2/c15-9-5-4-6-12-10-14(16-11-12)13-7-2-1-3-8-13/h1-3,7-8,10-11,16H,4-6H2. The quantitative estimate of drug-likeness (QED) is 0.770. The molecule has 0 spiro atoms. The number of rotatable bonds is 4. The van der Waals surface area contributed by atoms with E-state index in [2.05, 4.69) is 29.3 Å². The molecule has 1 aromatic heterocycles. The molecule has 1 aromatic carbocycles. The molecule has 16 heavy (non-hydrogen) atoms. The molecule has 2 rings (SSSR count). The molecular weight excluding hydrogens is 196 g/mol. The predicted octanol–water partition coefficient (Wildman–Crippen LogP) is 3.53. The summed E-state index contributed by atoms with van der Waals surface area (Å²) in [6.07, 6.45) is 4.56. The molecule has 0 amide bonds. The number of benzene rings is 1. The van der Waals surface area contributed by atoms with Crippen LogP contribution in [0.25, 0.3) is 11.3 Å². The van der Waals surface area contributed by atoms with E-state index in [0.29, 0.717) is 6.42 Å². The van der Waals surface area contributed by atoms with Gasteiger partial charge in [-0.2, -0.15) is 5.26 Å². The SMILES string of the molecule is N#CCCCc1c[nH]c(-c2ccccc2)c1. The Bertz CT molecular complexity index is 477. The lowest BCUT2D eigenvalue weighted by Gasteiger charge is -1.95. The molecule has 0 saturated heterocycles. The van der Waals surface area contributed by atoms with Crippen LogP contribution in [-0.4, -0.2) is 4.98 Å². The van der Waals surface area contributed by atoms with Crippen LogP contribution >= 0.6 is 0 Å². The van der Waals surface area contributed by atoms with Gasteiger partial charge in [-0.3, -0.25) is 0 Å². The zero-order valence-corrected chi connectivity index (χ0v) is 9.11. The highest BCUT2D eigenvalue weighted by Gasteiger charge is 2.00. The van der Waals surface area contributed by atoms with Crippen molar-refractivity contribution in [2.75, 3.05) is 0 Å². The van der Waals surface area contributed by atoms with Crippen LogP contribution in [0.1, 0.15) is 18.4 Å². The van der Waals surface area contributed by atoms with Crippen LogP contribution in [-0.2, 0) is 6.42 Å². The Morgan fingerprint density at radius 2 is 2.00 bits per heavy atom. The molecule has 80 valence electrons. The summed E-state index contributed by atoms with van der Waals surface area (Å²) in [5.74, 6) is 0. The van der Waals surface area contributed by atoms with Gasteiger partial charge in [-0.05, 0) is 30.0 Å². The van der Waals surface area contributed by atoms with Crippen LogP contribution in [0.2, 0.25) is 0 Å². The number of H-pyrrole nitrogens is 1. The van der Waals surface area contributed by atoms with Gasteiger partial charge >= 0.3 is 0 Å². The van der Waals surface area contributed by atoms with Crippen molar-refractivity contribution in [2.24, 2.45) is 0 Å². The minimum Gasteiger partial charge on any atom is -0.361 e. The highest BCUT2D eigenvalue weighted by Crippen LogP contribution is 2.19. The first-order valence-corrected chi connectivity index (χ1v) is 5.50. The minimum atomic E-state index is 0.631. The third-order valence-electron chi connectivity index (χ3n) is 2.58. The van der Waals surface area contributed by atoms with Crippen molar-refractivity contribution < 1.29 is 0 Å². The number of aromatic nitrogens is 1. The smallest absolute Gasteiger partial charge is 0.0621 e. The number of nitrogens with zero attached hydrogens (tertiary/aromatic N) is 1. The van der Waals surface area contributed by atoms with Gasteiger partial charge in [0, 0.05) is 18.3 Å². The third kappa shape index (κ3) is 2.52. The van der Waals surface area contributed by atoms with Crippen molar-refractivity contribution in [3.63, 3.8) is 0 Å². The second-order valence-corrected chi connectivity index (χ2v) is 3.80. The van der Waals surface area contributed by atoms with Crippen molar-refractivity contribution >= 4 is 0 Å². The van der Waals surface area contributed by atoms with Crippen LogP contribution in [0, 0.1) is 11.3 Å². The lowest BCUT2D eigenvalue weighted by Crippen LogP contribution is -1.80. The van der Waals surface area contributed by atoms with Crippen molar-refractivity contribution in [3.05, 3.63) is 48.2 Å². The monoisotopic (exact) mass is 210 g/mol. The Morgan fingerprint density at radius 1 is 1.19 bits per heavy atom. The Labute approximate surface area is 95.6 Å². The second-order valence-electron chi connectivity index (χ2n) is 3.80. The fourth-order valence-corrected chi connectivity index (χ4v) is 1.74. The zero-order chi connectivity index (χ0) is 11.2. The summed E-state index contributed by atoms with van der Waals surface area (Å²) < 4.78 is 0. The molecule has 1 N–H and O–H groups in total. The van der Waals surface area contributed by atoms with Gasteiger partial charge in [0.05, 0.1) is 6.07 Å². The Morgan fingerprint density at radius 3 is 2.75 bits per heavy atom. The largest absolute Gasteiger partial charge is 0.361 e. The number of aromatic amines is 1. The summed E-state index contributed by atoms with van der Waals surface area (Å²) in [4.78, 5) is 3.27. The molecule has 1 heterocycles. The summed E-state index contributed by atoms with van der Waals surface area (Å²) in [7, 11) is 0. The number of nitriles is 1. The molecule has 0 unspecified atom stereocenters. The van der Waals surface area contributed by atoms with Crippen LogP contribution < -0.4 is 0 Å². The van der Waals surface area contributed by atoms with E-state index in [1.807, 2.05) is 24.4 Å². The fraction of sp³-hybridized carbons (Fsp3) is 0.214. The van der Waals surface area contributed by atoms with Gasteiger partial charge in [-0.1, -0.05) is 30.3 Å². The second kappa shape index (κ2) is 5.18. The molecule has 0 atom stereocenters. The lowest BCUT2D eigenvalue weighted by molar-refractivity contribution is 0.851. The summed E-state index contributed by atoms with van der Waals surface area (Å²) in [6, 6.07) is 14.6. The molecule has 0 radical (unpaired) electrons. The lowest BCUT2D eigenvalue weighted by atomic mass is 10.1. The van der Waals surface area contributed by atoms with E-state index < -0.39 is 0 Å². The minimum absolute atomic E-state index is 0.631. The van der Waals surface area contributed by atoms with Gasteiger partial charge in [-0.15, -0.1) is 0 Å². The van der Waals surface area contributed by atoms with Crippen molar-refractivity contribution in [2.45, 2.75) is 19.3 Å². The topological polar surface area (TPSA) is 39.6 Å². The summed E-state index contributed by atoms with van der Waals surface area (Å²) in [5, 5.41) is 8.47. The van der Waals surface area contributed by atoms with Gasteiger partial charge < -0.3 is 4.98 Å². The van der Waals surface area contributed by atoms with E-state index >= 15 is 0 Å². The molecule has 0 saturated carbocycles. The van der Waals surface area contributed by atoms with Gasteiger partial charge in [0.25, 0.3) is 0 Å². The first-order chi connectivity index (χ1) is 7.90. The normalized spacial score (nSPS) is 9.94. The van der Waals surface area contributed by atoms with E-state index in [4.69, 9.17) is 5.26 Å². The molecule has 2 nitrogen and oxygen atoms in total. The average molecular weight is 210 g/mol. The number of hydrogen-bond donors (Lipinski definition) is 1.